The maximum atomic E-state index is 13.6. The number of phenols is 1. The number of ether oxygens (including phenoxy) is 1. The molecule has 1 N–H and O–H groups in total. The van der Waals surface area contributed by atoms with Crippen molar-refractivity contribution in [3.05, 3.63) is 23.3 Å². The molecule has 0 aliphatic carbocycles. The number of anilines is 1. The average molecular weight is 405 g/mol. The monoisotopic (exact) mass is 404 g/mol. The molecular formula is C24H40N2O3. The van der Waals surface area contributed by atoms with Gasteiger partial charge >= 0.3 is 0 Å². The quantitative estimate of drug-likeness (QED) is 0.788. The van der Waals surface area contributed by atoms with Crippen molar-refractivity contribution < 1.29 is 14.6 Å². The molecular weight excluding hydrogens is 364 g/mol. The fraction of sp³-hybridized carbons (Fsp3) is 0.708. The van der Waals surface area contributed by atoms with Crippen LogP contribution in [0.2, 0.25) is 0 Å². The molecule has 29 heavy (non-hydrogen) atoms. The molecule has 5 heteroatoms. The van der Waals surface area contributed by atoms with E-state index in [2.05, 4.69) is 53.4 Å². The summed E-state index contributed by atoms with van der Waals surface area (Å²) >= 11 is 0. The van der Waals surface area contributed by atoms with Gasteiger partial charge in [0.1, 0.15) is 5.75 Å². The summed E-state index contributed by atoms with van der Waals surface area (Å²) < 4.78 is 5.47. The summed E-state index contributed by atoms with van der Waals surface area (Å²) in [6, 6.07) is 3.85. The maximum absolute atomic E-state index is 13.6. The summed E-state index contributed by atoms with van der Waals surface area (Å²) in [6.07, 6.45) is 0.770. The lowest BCUT2D eigenvalue weighted by Gasteiger charge is -2.37. The number of likely N-dealkylation sites (N-methyl/N-ethyl adjacent to an activating group) is 1. The molecule has 0 spiro atoms. The molecule has 0 saturated carbocycles. The van der Waals surface area contributed by atoms with Gasteiger partial charge in [0.2, 0.25) is 5.91 Å². The molecule has 164 valence electrons. The predicted molar refractivity (Wildman–Crippen MR) is 120 cm³/mol. The van der Waals surface area contributed by atoms with Gasteiger partial charge in [-0.15, -0.1) is 0 Å². The molecule has 1 heterocycles. The van der Waals surface area contributed by atoms with Crippen molar-refractivity contribution in [2.24, 2.45) is 0 Å². The van der Waals surface area contributed by atoms with Gasteiger partial charge in [-0.2, -0.15) is 0 Å². The first-order valence-corrected chi connectivity index (χ1v) is 10.9. The van der Waals surface area contributed by atoms with Crippen molar-refractivity contribution >= 4 is 11.6 Å². The molecule has 0 radical (unpaired) electrons. The van der Waals surface area contributed by atoms with Gasteiger partial charge in [-0.05, 0) is 36.3 Å². The number of morpholine rings is 1. The van der Waals surface area contributed by atoms with Crippen LogP contribution in [0.1, 0.15) is 72.9 Å². The number of amides is 1. The number of aromatic hydroxyl groups is 1. The van der Waals surface area contributed by atoms with Crippen molar-refractivity contribution in [1.29, 1.82) is 0 Å². The molecule has 1 aliphatic rings. The van der Waals surface area contributed by atoms with Crippen molar-refractivity contribution in [3.63, 3.8) is 0 Å². The number of phenolic OH excluding ortho intramolecular Hbond substituents is 1. The number of carbonyl (C=O) groups is 1. The van der Waals surface area contributed by atoms with E-state index >= 15 is 0 Å². The van der Waals surface area contributed by atoms with E-state index in [-0.39, 0.29) is 22.8 Å². The highest BCUT2D eigenvalue weighted by Crippen LogP contribution is 2.42. The van der Waals surface area contributed by atoms with E-state index in [0.29, 0.717) is 25.5 Å². The molecule has 1 amide bonds. The number of nitrogens with zero attached hydrogens (tertiary/aromatic N) is 2. The zero-order valence-corrected chi connectivity index (χ0v) is 19.6. The van der Waals surface area contributed by atoms with Crippen LogP contribution in [0.3, 0.4) is 0 Å². The van der Waals surface area contributed by atoms with Crippen LogP contribution in [0, 0.1) is 0 Å². The normalized spacial score (nSPS) is 17.2. The number of rotatable bonds is 5. The zero-order valence-electron chi connectivity index (χ0n) is 19.6. The van der Waals surface area contributed by atoms with E-state index in [4.69, 9.17) is 4.74 Å². The fourth-order valence-electron chi connectivity index (χ4n) is 4.04. The van der Waals surface area contributed by atoms with Crippen LogP contribution in [-0.2, 0) is 20.4 Å². The van der Waals surface area contributed by atoms with Gasteiger partial charge in [-0.3, -0.25) is 9.69 Å². The molecule has 1 unspecified atom stereocenters. The maximum Gasteiger partial charge on any atom is 0.244 e. The van der Waals surface area contributed by atoms with Crippen LogP contribution >= 0.6 is 0 Å². The molecule has 5 nitrogen and oxygen atoms in total. The Hall–Kier alpha value is -1.59. The van der Waals surface area contributed by atoms with E-state index in [0.717, 1.165) is 36.3 Å². The lowest BCUT2D eigenvalue weighted by Crippen LogP contribution is -2.52. The largest absolute Gasteiger partial charge is 0.507 e. The average Bonchev–Trinajstić information content (AvgIpc) is 2.63. The SMILES string of the molecule is CCC(C(=O)N(CC)c1cc(C(C)(C)C)c(O)c(C(C)(C)C)c1)N1CCOCC1. The molecule has 2 rings (SSSR count). The Balaban J connectivity index is 2.52. The minimum absolute atomic E-state index is 0.127. The zero-order chi connectivity index (χ0) is 22.0. The van der Waals surface area contributed by atoms with Gasteiger partial charge in [-0.25, -0.2) is 0 Å². The second kappa shape index (κ2) is 9.05. The van der Waals surface area contributed by atoms with Gasteiger partial charge < -0.3 is 14.7 Å². The van der Waals surface area contributed by atoms with Crippen molar-refractivity contribution in [2.45, 2.75) is 78.7 Å². The van der Waals surface area contributed by atoms with E-state index < -0.39 is 0 Å². The first-order valence-electron chi connectivity index (χ1n) is 10.9. The summed E-state index contributed by atoms with van der Waals surface area (Å²) in [6.45, 7) is 20.2. The first-order chi connectivity index (χ1) is 13.4. The van der Waals surface area contributed by atoms with Crippen LogP contribution in [0.4, 0.5) is 5.69 Å². The van der Waals surface area contributed by atoms with Gasteiger partial charge in [0.05, 0.1) is 19.3 Å². The molecule has 1 atom stereocenters. The highest BCUT2D eigenvalue weighted by molar-refractivity contribution is 5.97. The molecule has 0 aromatic heterocycles. The topological polar surface area (TPSA) is 53.0 Å². The third-order valence-electron chi connectivity index (χ3n) is 5.76. The van der Waals surface area contributed by atoms with Crippen LogP contribution in [0.25, 0.3) is 0 Å². The summed E-state index contributed by atoms with van der Waals surface area (Å²) in [5, 5.41) is 11.0. The Morgan fingerprint density at radius 3 is 1.93 bits per heavy atom. The summed E-state index contributed by atoms with van der Waals surface area (Å²) in [4.78, 5) is 17.7. The minimum Gasteiger partial charge on any atom is -0.507 e. The molecule has 1 saturated heterocycles. The Morgan fingerprint density at radius 1 is 1.07 bits per heavy atom. The minimum atomic E-state index is -0.225. The molecule has 0 bridgehead atoms. The number of hydrogen-bond donors (Lipinski definition) is 1. The van der Waals surface area contributed by atoms with Gasteiger partial charge in [0, 0.05) is 36.4 Å². The van der Waals surface area contributed by atoms with Gasteiger partial charge in [0.25, 0.3) is 0 Å². The Morgan fingerprint density at radius 2 is 1.55 bits per heavy atom. The van der Waals surface area contributed by atoms with Crippen molar-refractivity contribution in [3.8, 4) is 5.75 Å². The Bertz CT molecular complexity index is 675. The van der Waals surface area contributed by atoms with E-state index in [1.807, 2.05) is 24.0 Å². The van der Waals surface area contributed by atoms with Crippen LogP contribution in [0.15, 0.2) is 12.1 Å². The van der Waals surface area contributed by atoms with Gasteiger partial charge in [0.15, 0.2) is 0 Å². The Labute approximate surface area is 177 Å². The summed E-state index contributed by atoms with van der Waals surface area (Å²) in [5.74, 6) is 0.472. The van der Waals surface area contributed by atoms with E-state index in [1.54, 1.807) is 0 Å². The lowest BCUT2D eigenvalue weighted by molar-refractivity contribution is -0.125. The second-order valence-electron chi connectivity index (χ2n) is 10.0. The van der Waals surface area contributed by atoms with Crippen molar-refractivity contribution in [2.75, 3.05) is 37.7 Å². The van der Waals surface area contributed by atoms with Crippen LogP contribution < -0.4 is 4.90 Å². The smallest absolute Gasteiger partial charge is 0.244 e. The fourth-order valence-corrected chi connectivity index (χ4v) is 4.04. The third-order valence-corrected chi connectivity index (χ3v) is 5.76. The number of benzene rings is 1. The highest BCUT2D eigenvalue weighted by Gasteiger charge is 2.32. The first kappa shape index (κ1) is 23.7. The van der Waals surface area contributed by atoms with Crippen LogP contribution in [0.5, 0.6) is 5.75 Å². The molecule has 1 aromatic rings. The predicted octanol–water partition coefficient (Wildman–Crippen LogP) is 4.45. The standard InChI is InChI=1S/C24H40N2O3/c1-9-20(25-11-13-29-14-12-25)22(28)26(10-2)17-15-18(23(3,4)5)21(27)19(16-17)24(6,7)8/h15-16,20,27H,9-14H2,1-8H3. The molecule has 1 fully saturated rings. The number of hydrogen-bond acceptors (Lipinski definition) is 4. The summed E-state index contributed by atoms with van der Waals surface area (Å²) in [5.41, 5.74) is 2.18. The van der Waals surface area contributed by atoms with E-state index in [9.17, 15) is 9.90 Å². The van der Waals surface area contributed by atoms with Crippen molar-refractivity contribution in [1.82, 2.24) is 4.90 Å². The third kappa shape index (κ3) is 5.32. The van der Waals surface area contributed by atoms with E-state index in [1.165, 1.54) is 0 Å². The molecule has 1 aliphatic heterocycles. The molecule has 1 aromatic carbocycles. The van der Waals surface area contributed by atoms with Gasteiger partial charge in [-0.1, -0.05) is 48.5 Å². The lowest BCUT2D eigenvalue weighted by atomic mass is 9.79. The Kier molecular flexibility index (Phi) is 7.39. The second-order valence-corrected chi connectivity index (χ2v) is 10.0. The summed E-state index contributed by atoms with van der Waals surface area (Å²) in [7, 11) is 0. The highest BCUT2D eigenvalue weighted by atomic mass is 16.5. The number of carbonyl (C=O) groups excluding carboxylic acids is 1. The van der Waals surface area contributed by atoms with Crippen LogP contribution in [-0.4, -0.2) is 54.8 Å².